The molecule has 0 spiro atoms. The summed E-state index contributed by atoms with van der Waals surface area (Å²) in [5, 5.41) is 3.09. The van der Waals surface area contributed by atoms with Crippen molar-refractivity contribution in [1.82, 2.24) is 0 Å². The Labute approximate surface area is 115 Å². The molecule has 0 heterocycles. The lowest BCUT2D eigenvalue weighted by atomic mass is 10.0. The van der Waals surface area contributed by atoms with E-state index in [1.807, 2.05) is 31.3 Å². The molecule has 2 nitrogen and oxygen atoms in total. The first-order valence-electron chi connectivity index (χ1n) is 6.68. The van der Waals surface area contributed by atoms with Gasteiger partial charge in [0.1, 0.15) is 12.4 Å². The number of nitrogens with one attached hydrogen (secondary N) is 1. The molecule has 100 valence electrons. The first-order chi connectivity index (χ1) is 9.19. The Bertz CT molecular complexity index is 500. The van der Waals surface area contributed by atoms with Crippen LogP contribution in [-0.4, -0.2) is 7.05 Å². The first-order valence-corrected chi connectivity index (χ1v) is 6.68. The topological polar surface area (TPSA) is 21.3 Å². The second-order valence-electron chi connectivity index (χ2n) is 4.96. The number of hydrogen-bond acceptors (Lipinski definition) is 2. The van der Waals surface area contributed by atoms with E-state index in [0.29, 0.717) is 12.5 Å². The van der Waals surface area contributed by atoms with E-state index in [1.54, 1.807) is 0 Å². The molecule has 0 fully saturated rings. The van der Waals surface area contributed by atoms with Crippen LogP contribution in [0, 0.1) is 0 Å². The van der Waals surface area contributed by atoms with Crippen LogP contribution in [0.2, 0.25) is 0 Å². The summed E-state index contributed by atoms with van der Waals surface area (Å²) in [7, 11) is 1.91. The summed E-state index contributed by atoms with van der Waals surface area (Å²) in [6.45, 7) is 5.01. The fraction of sp³-hybridized carbons (Fsp3) is 0.294. The van der Waals surface area contributed by atoms with Crippen LogP contribution >= 0.6 is 0 Å². The van der Waals surface area contributed by atoms with Crippen molar-refractivity contribution in [2.45, 2.75) is 26.4 Å². The molecule has 0 saturated heterocycles. The minimum atomic E-state index is 0.573. The van der Waals surface area contributed by atoms with Crippen LogP contribution in [0.5, 0.6) is 5.75 Å². The lowest BCUT2D eigenvalue weighted by Crippen LogP contribution is -1.96. The van der Waals surface area contributed by atoms with Crippen molar-refractivity contribution in [2.24, 2.45) is 0 Å². The molecule has 2 aromatic carbocycles. The molecule has 0 aliphatic rings. The van der Waals surface area contributed by atoms with E-state index in [0.717, 1.165) is 11.4 Å². The molecule has 1 N–H and O–H groups in total. The minimum absolute atomic E-state index is 0.573. The molecule has 2 heteroatoms. The summed E-state index contributed by atoms with van der Waals surface area (Å²) in [5.41, 5.74) is 3.65. The predicted octanol–water partition coefficient (Wildman–Crippen LogP) is 4.43. The predicted molar refractivity (Wildman–Crippen MR) is 80.9 cm³/mol. The maximum atomic E-state index is 5.76. The van der Waals surface area contributed by atoms with E-state index in [1.165, 1.54) is 11.1 Å². The van der Waals surface area contributed by atoms with E-state index in [9.17, 15) is 0 Å². The zero-order valence-corrected chi connectivity index (χ0v) is 11.8. The van der Waals surface area contributed by atoms with Crippen LogP contribution in [0.3, 0.4) is 0 Å². The Morgan fingerprint density at radius 3 is 2.11 bits per heavy atom. The van der Waals surface area contributed by atoms with Gasteiger partial charge in [0.15, 0.2) is 0 Å². The highest BCUT2D eigenvalue weighted by Gasteiger charge is 2.00. The average Bonchev–Trinajstić information content (AvgIpc) is 2.46. The Hall–Kier alpha value is -1.96. The third-order valence-electron chi connectivity index (χ3n) is 3.19. The summed E-state index contributed by atoms with van der Waals surface area (Å²) >= 11 is 0. The van der Waals surface area contributed by atoms with Gasteiger partial charge < -0.3 is 10.1 Å². The third kappa shape index (κ3) is 3.75. The van der Waals surface area contributed by atoms with E-state index in [2.05, 4.69) is 43.4 Å². The lowest BCUT2D eigenvalue weighted by Gasteiger charge is -2.09. The summed E-state index contributed by atoms with van der Waals surface area (Å²) in [4.78, 5) is 0. The highest BCUT2D eigenvalue weighted by atomic mass is 16.5. The summed E-state index contributed by atoms with van der Waals surface area (Å²) in [6.07, 6.45) is 0. The average molecular weight is 255 g/mol. The third-order valence-corrected chi connectivity index (χ3v) is 3.19. The molecule has 0 unspecified atom stereocenters. The SMILES string of the molecule is CNc1ccc(OCc2ccc(C(C)C)cc2)cc1. The molecule has 0 radical (unpaired) electrons. The number of anilines is 1. The van der Waals surface area contributed by atoms with Gasteiger partial charge in [-0.05, 0) is 41.3 Å². The molecule has 0 aliphatic heterocycles. The van der Waals surface area contributed by atoms with Gasteiger partial charge in [-0.15, -0.1) is 0 Å². The zero-order valence-electron chi connectivity index (χ0n) is 11.8. The summed E-state index contributed by atoms with van der Waals surface area (Å²) in [6, 6.07) is 16.6. The Kier molecular flexibility index (Phi) is 4.45. The van der Waals surface area contributed by atoms with Gasteiger partial charge in [0.05, 0.1) is 0 Å². The fourth-order valence-corrected chi connectivity index (χ4v) is 1.88. The van der Waals surface area contributed by atoms with Crippen LogP contribution in [-0.2, 0) is 6.61 Å². The van der Waals surface area contributed by atoms with Crippen LogP contribution in [0.15, 0.2) is 48.5 Å². The standard InChI is InChI=1S/C17H21NO/c1-13(2)15-6-4-14(5-7-15)12-19-17-10-8-16(18-3)9-11-17/h4-11,13,18H,12H2,1-3H3. The molecule has 0 aliphatic carbocycles. The zero-order chi connectivity index (χ0) is 13.7. The highest BCUT2D eigenvalue weighted by molar-refractivity contribution is 5.45. The summed E-state index contributed by atoms with van der Waals surface area (Å²) in [5.74, 6) is 1.47. The van der Waals surface area contributed by atoms with Gasteiger partial charge in [0.2, 0.25) is 0 Å². The molecule has 2 rings (SSSR count). The Balaban J connectivity index is 1.94. The van der Waals surface area contributed by atoms with Gasteiger partial charge in [-0.2, -0.15) is 0 Å². The molecule has 0 aromatic heterocycles. The van der Waals surface area contributed by atoms with Gasteiger partial charge in [0, 0.05) is 12.7 Å². The molecular formula is C17H21NO. The number of ether oxygens (including phenoxy) is 1. The fourth-order valence-electron chi connectivity index (χ4n) is 1.88. The largest absolute Gasteiger partial charge is 0.489 e. The number of rotatable bonds is 5. The van der Waals surface area contributed by atoms with Crippen molar-refractivity contribution in [3.63, 3.8) is 0 Å². The smallest absolute Gasteiger partial charge is 0.119 e. The van der Waals surface area contributed by atoms with Crippen LogP contribution in [0.4, 0.5) is 5.69 Å². The Morgan fingerprint density at radius 1 is 0.947 bits per heavy atom. The quantitative estimate of drug-likeness (QED) is 0.853. The molecule has 0 bridgehead atoms. The number of benzene rings is 2. The van der Waals surface area contributed by atoms with Crippen molar-refractivity contribution < 1.29 is 4.74 Å². The van der Waals surface area contributed by atoms with Crippen LogP contribution in [0.1, 0.15) is 30.9 Å². The van der Waals surface area contributed by atoms with Gasteiger partial charge in [0.25, 0.3) is 0 Å². The Morgan fingerprint density at radius 2 is 1.58 bits per heavy atom. The van der Waals surface area contributed by atoms with E-state index in [4.69, 9.17) is 4.74 Å². The first kappa shape index (κ1) is 13.5. The normalized spacial score (nSPS) is 10.5. The van der Waals surface area contributed by atoms with Gasteiger partial charge in [-0.3, -0.25) is 0 Å². The van der Waals surface area contributed by atoms with Crippen molar-refractivity contribution >= 4 is 5.69 Å². The van der Waals surface area contributed by atoms with Crippen molar-refractivity contribution in [3.8, 4) is 5.75 Å². The van der Waals surface area contributed by atoms with Gasteiger partial charge >= 0.3 is 0 Å². The van der Waals surface area contributed by atoms with Crippen LogP contribution < -0.4 is 10.1 Å². The van der Waals surface area contributed by atoms with Crippen molar-refractivity contribution in [1.29, 1.82) is 0 Å². The molecule has 0 amide bonds. The van der Waals surface area contributed by atoms with Crippen LogP contribution in [0.25, 0.3) is 0 Å². The summed E-state index contributed by atoms with van der Waals surface area (Å²) < 4.78 is 5.76. The molecule has 2 aromatic rings. The maximum Gasteiger partial charge on any atom is 0.119 e. The molecule has 19 heavy (non-hydrogen) atoms. The van der Waals surface area contributed by atoms with Crippen molar-refractivity contribution in [2.75, 3.05) is 12.4 Å². The molecule has 0 saturated carbocycles. The van der Waals surface area contributed by atoms with E-state index in [-0.39, 0.29) is 0 Å². The van der Waals surface area contributed by atoms with Gasteiger partial charge in [-0.25, -0.2) is 0 Å². The second-order valence-corrected chi connectivity index (χ2v) is 4.96. The van der Waals surface area contributed by atoms with E-state index >= 15 is 0 Å². The number of hydrogen-bond donors (Lipinski definition) is 1. The molecule has 0 atom stereocenters. The molecular weight excluding hydrogens is 234 g/mol. The van der Waals surface area contributed by atoms with E-state index < -0.39 is 0 Å². The maximum absolute atomic E-state index is 5.76. The van der Waals surface area contributed by atoms with Crippen molar-refractivity contribution in [3.05, 3.63) is 59.7 Å². The minimum Gasteiger partial charge on any atom is -0.489 e. The second kappa shape index (κ2) is 6.28. The highest BCUT2D eigenvalue weighted by Crippen LogP contribution is 2.18. The lowest BCUT2D eigenvalue weighted by molar-refractivity contribution is 0.306. The monoisotopic (exact) mass is 255 g/mol. The van der Waals surface area contributed by atoms with Gasteiger partial charge in [-0.1, -0.05) is 38.1 Å².